The van der Waals surface area contributed by atoms with Crippen LogP contribution in [0.15, 0.2) is 30.3 Å². The molecule has 1 amide bonds. The smallest absolute Gasteiger partial charge is 0.410 e. The van der Waals surface area contributed by atoms with Crippen molar-refractivity contribution in [3.05, 3.63) is 47.2 Å². The van der Waals surface area contributed by atoms with E-state index in [-0.39, 0.29) is 12.1 Å². The number of morpholine rings is 1. The van der Waals surface area contributed by atoms with Gasteiger partial charge in [-0.25, -0.2) is 4.79 Å². The summed E-state index contributed by atoms with van der Waals surface area (Å²) in [5.74, 6) is 0.509. The summed E-state index contributed by atoms with van der Waals surface area (Å²) in [4.78, 5) is 17.3. The van der Waals surface area contributed by atoms with E-state index in [2.05, 4.69) is 60.6 Å². The molecule has 2 saturated heterocycles. The van der Waals surface area contributed by atoms with E-state index in [0.717, 1.165) is 52.2 Å². The van der Waals surface area contributed by atoms with E-state index in [9.17, 15) is 4.79 Å². The molecule has 2 aliphatic heterocycles. The molecule has 1 atom stereocenters. The van der Waals surface area contributed by atoms with E-state index in [0.29, 0.717) is 12.5 Å². The van der Waals surface area contributed by atoms with Gasteiger partial charge in [-0.1, -0.05) is 38.1 Å². The molecule has 1 aromatic carbocycles. The van der Waals surface area contributed by atoms with Crippen LogP contribution in [-0.4, -0.2) is 65.5 Å². The normalized spacial score (nSPS) is 19.9. The molecule has 2 aromatic rings. The van der Waals surface area contributed by atoms with Crippen LogP contribution in [0.25, 0.3) is 11.3 Å². The molecule has 35 heavy (non-hydrogen) atoms. The fraction of sp³-hybridized carbons (Fsp3) is 0.621. The Balaban J connectivity index is 1.66. The lowest BCUT2D eigenvalue weighted by Crippen LogP contribution is -2.43. The molecule has 2 fully saturated rings. The number of benzene rings is 1. The predicted molar refractivity (Wildman–Crippen MR) is 141 cm³/mol. The Morgan fingerprint density at radius 2 is 1.80 bits per heavy atom. The Labute approximate surface area is 211 Å². The molecule has 0 unspecified atom stereocenters. The minimum atomic E-state index is -0.484. The third-order valence-corrected chi connectivity index (χ3v) is 7.18. The highest BCUT2D eigenvalue weighted by atomic mass is 16.6. The van der Waals surface area contributed by atoms with Crippen molar-refractivity contribution < 1.29 is 14.3 Å². The van der Waals surface area contributed by atoms with Gasteiger partial charge in [0.25, 0.3) is 0 Å². The van der Waals surface area contributed by atoms with Gasteiger partial charge in [-0.15, -0.1) is 0 Å². The topological polar surface area (TPSA) is 46.9 Å². The monoisotopic (exact) mass is 481 g/mol. The average Bonchev–Trinajstić information content (AvgIpc) is 3.14. The van der Waals surface area contributed by atoms with Crippen LogP contribution in [0.2, 0.25) is 0 Å². The largest absolute Gasteiger partial charge is 0.444 e. The summed E-state index contributed by atoms with van der Waals surface area (Å²) in [5, 5.41) is 0. The van der Waals surface area contributed by atoms with Gasteiger partial charge in [-0.3, -0.25) is 4.90 Å². The van der Waals surface area contributed by atoms with E-state index in [1.54, 1.807) is 0 Å². The minimum absolute atomic E-state index is 0.205. The van der Waals surface area contributed by atoms with E-state index >= 15 is 0 Å². The second kappa shape index (κ2) is 10.8. The molecule has 3 heterocycles. The summed E-state index contributed by atoms with van der Waals surface area (Å²) in [5.41, 5.74) is 6.02. The second-order valence-corrected chi connectivity index (χ2v) is 11.4. The lowest BCUT2D eigenvalue weighted by atomic mass is 10.00. The Bertz CT molecular complexity index is 997. The van der Waals surface area contributed by atoms with Gasteiger partial charge in [0.2, 0.25) is 0 Å². The first kappa shape index (κ1) is 25.8. The number of rotatable bonds is 5. The quantitative estimate of drug-likeness (QED) is 0.526. The Morgan fingerprint density at radius 3 is 2.43 bits per heavy atom. The Morgan fingerprint density at radius 1 is 1.11 bits per heavy atom. The van der Waals surface area contributed by atoms with Crippen molar-refractivity contribution in [3.63, 3.8) is 0 Å². The van der Waals surface area contributed by atoms with Crippen LogP contribution in [0, 0.1) is 6.92 Å². The summed E-state index contributed by atoms with van der Waals surface area (Å²) in [6, 6.07) is 11.6. The number of amides is 1. The molecule has 2 aliphatic rings. The highest BCUT2D eigenvalue weighted by Crippen LogP contribution is 2.35. The van der Waals surface area contributed by atoms with Gasteiger partial charge in [0.1, 0.15) is 5.60 Å². The van der Waals surface area contributed by atoms with Gasteiger partial charge >= 0.3 is 6.09 Å². The summed E-state index contributed by atoms with van der Waals surface area (Å²) in [6.45, 7) is 18.4. The van der Waals surface area contributed by atoms with Crippen LogP contribution in [0.5, 0.6) is 0 Å². The van der Waals surface area contributed by atoms with Crippen LogP contribution in [0.3, 0.4) is 0 Å². The lowest BCUT2D eigenvalue weighted by molar-refractivity contribution is 0.0172. The van der Waals surface area contributed by atoms with E-state index in [4.69, 9.17) is 9.47 Å². The van der Waals surface area contributed by atoms with Gasteiger partial charge in [0.15, 0.2) is 0 Å². The number of carbonyl (C=O) groups is 1. The first-order valence-corrected chi connectivity index (χ1v) is 13.2. The van der Waals surface area contributed by atoms with Crippen molar-refractivity contribution in [1.82, 2.24) is 14.4 Å². The Hall–Kier alpha value is -2.31. The molecule has 192 valence electrons. The first-order chi connectivity index (χ1) is 16.6. The zero-order valence-corrected chi connectivity index (χ0v) is 22.5. The Kier molecular flexibility index (Phi) is 7.92. The fourth-order valence-corrected chi connectivity index (χ4v) is 5.22. The number of carbonyl (C=O) groups excluding carboxylic acids is 1. The fourth-order valence-electron chi connectivity index (χ4n) is 5.22. The maximum absolute atomic E-state index is 12.9. The first-order valence-electron chi connectivity index (χ1n) is 13.2. The van der Waals surface area contributed by atoms with Gasteiger partial charge in [-0.2, -0.15) is 0 Å². The number of likely N-dealkylation sites (tertiary alicyclic amines) is 1. The van der Waals surface area contributed by atoms with Gasteiger partial charge in [-0.05, 0) is 69.2 Å². The highest BCUT2D eigenvalue weighted by molar-refractivity contribution is 5.68. The molecule has 0 spiro atoms. The molecule has 0 saturated carbocycles. The van der Waals surface area contributed by atoms with E-state index in [1.165, 1.54) is 28.1 Å². The predicted octanol–water partition coefficient (Wildman–Crippen LogP) is 5.99. The molecule has 0 aliphatic carbocycles. The molecule has 0 N–H and O–H groups in total. The number of nitrogens with zero attached hydrogens (tertiary/aromatic N) is 3. The molecule has 6 heteroatoms. The third kappa shape index (κ3) is 6.28. The molecule has 1 aromatic heterocycles. The minimum Gasteiger partial charge on any atom is -0.444 e. The summed E-state index contributed by atoms with van der Waals surface area (Å²) < 4.78 is 13.8. The SMILES string of the molecule is Cc1c(CN2CCOCC2)cc(-c2ccc(C(C)C)cc2)n1[C@@H]1CCCN(C(=O)OC(C)(C)C)C1. The third-order valence-electron chi connectivity index (χ3n) is 7.18. The average molecular weight is 482 g/mol. The maximum atomic E-state index is 12.9. The molecular weight excluding hydrogens is 438 g/mol. The summed E-state index contributed by atoms with van der Waals surface area (Å²) in [7, 11) is 0. The van der Waals surface area contributed by atoms with Crippen molar-refractivity contribution >= 4 is 6.09 Å². The number of piperidine rings is 1. The standard InChI is InChI=1S/C29H43N3O3/c1-21(2)23-9-11-24(12-10-23)27-18-25(19-30-14-16-34-17-15-30)22(3)32(27)26-8-7-13-31(20-26)28(33)35-29(4,5)6/h9-12,18,21,26H,7-8,13-17,19-20H2,1-6H3/t26-/m1/s1. The number of hydrogen-bond acceptors (Lipinski definition) is 4. The van der Waals surface area contributed by atoms with Crippen LogP contribution in [0.1, 0.15) is 76.2 Å². The van der Waals surface area contributed by atoms with Gasteiger partial charge in [0.05, 0.1) is 19.3 Å². The van der Waals surface area contributed by atoms with Crippen LogP contribution >= 0.6 is 0 Å². The van der Waals surface area contributed by atoms with Crippen molar-refractivity contribution in [3.8, 4) is 11.3 Å². The molecule has 6 nitrogen and oxygen atoms in total. The maximum Gasteiger partial charge on any atom is 0.410 e. The number of aromatic nitrogens is 1. The highest BCUT2D eigenvalue weighted by Gasteiger charge is 2.31. The van der Waals surface area contributed by atoms with Crippen LogP contribution in [0.4, 0.5) is 4.79 Å². The number of ether oxygens (including phenoxy) is 2. The lowest BCUT2D eigenvalue weighted by Gasteiger charge is -2.36. The second-order valence-electron chi connectivity index (χ2n) is 11.4. The zero-order valence-electron chi connectivity index (χ0n) is 22.5. The van der Waals surface area contributed by atoms with Gasteiger partial charge in [0, 0.05) is 44.1 Å². The molecule has 0 radical (unpaired) electrons. The van der Waals surface area contributed by atoms with Crippen molar-refractivity contribution in [2.45, 2.75) is 78.5 Å². The molecular formula is C29H43N3O3. The van der Waals surface area contributed by atoms with Gasteiger partial charge < -0.3 is 18.9 Å². The summed E-state index contributed by atoms with van der Waals surface area (Å²) in [6.07, 6.45) is 1.83. The summed E-state index contributed by atoms with van der Waals surface area (Å²) >= 11 is 0. The van der Waals surface area contributed by atoms with Crippen molar-refractivity contribution in [1.29, 1.82) is 0 Å². The van der Waals surface area contributed by atoms with Crippen molar-refractivity contribution in [2.24, 2.45) is 0 Å². The number of hydrogen-bond donors (Lipinski definition) is 0. The van der Waals surface area contributed by atoms with Crippen LogP contribution in [-0.2, 0) is 16.0 Å². The van der Waals surface area contributed by atoms with E-state index < -0.39 is 5.60 Å². The van der Waals surface area contributed by atoms with Crippen LogP contribution < -0.4 is 0 Å². The van der Waals surface area contributed by atoms with E-state index in [1.807, 2.05) is 25.7 Å². The zero-order chi connectivity index (χ0) is 25.2. The van der Waals surface area contributed by atoms with Crippen molar-refractivity contribution in [2.75, 3.05) is 39.4 Å². The molecule has 4 rings (SSSR count). The molecule has 0 bridgehead atoms.